The van der Waals surface area contributed by atoms with Gasteiger partial charge < -0.3 is 5.32 Å². The zero-order valence-corrected chi connectivity index (χ0v) is 13.3. The van der Waals surface area contributed by atoms with Crippen LogP contribution in [0.5, 0.6) is 0 Å². The molecule has 114 valence electrons. The summed E-state index contributed by atoms with van der Waals surface area (Å²) in [5.74, 6) is 1.64. The lowest BCUT2D eigenvalue weighted by molar-refractivity contribution is -0.165. The average Bonchev–Trinajstić information content (AvgIpc) is 2.69. The van der Waals surface area contributed by atoms with Crippen molar-refractivity contribution in [3.8, 4) is 0 Å². The lowest BCUT2D eigenvalue weighted by atomic mass is 9.40. The highest BCUT2D eigenvalue weighted by Gasteiger charge is 2.62. The first-order chi connectivity index (χ1) is 9.80. The van der Waals surface area contributed by atoms with E-state index in [1.54, 1.807) is 4.68 Å². The average molecular weight is 287 g/mol. The van der Waals surface area contributed by atoms with E-state index in [9.17, 15) is 4.79 Å². The van der Waals surface area contributed by atoms with Gasteiger partial charge in [0.25, 0.3) is 0 Å². The maximum absolute atomic E-state index is 13.0. The number of nitrogens with zero attached hydrogens (tertiary/aromatic N) is 2. The highest BCUT2D eigenvalue weighted by molar-refractivity contribution is 5.95. The Kier molecular flexibility index (Phi) is 2.48. The Bertz CT molecular complexity index is 587. The van der Waals surface area contributed by atoms with Gasteiger partial charge in [-0.25, -0.2) is 0 Å². The Hall–Kier alpha value is -1.32. The van der Waals surface area contributed by atoms with Gasteiger partial charge in [0.05, 0.1) is 5.41 Å². The van der Waals surface area contributed by atoms with Crippen molar-refractivity contribution < 1.29 is 4.79 Å². The first-order valence-electron chi connectivity index (χ1n) is 8.11. The van der Waals surface area contributed by atoms with Crippen LogP contribution in [-0.2, 0) is 11.8 Å². The molecular weight excluding hydrogens is 262 g/mol. The van der Waals surface area contributed by atoms with Crippen LogP contribution in [0, 0.1) is 22.2 Å². The summed E-state index contributed by atoms with van der Waals surface area (Å²) in [6.45, 7) is 4.80. The largest absolute Gasteiger partial charge is 0.309 e. The summed E-state index contributed by atoms with van der Waals surface area (Å²) in [7, 11) is 1.88. The molecule has 5 rings (SSSR count). The lowest BCUT2D eigenvalue weighted by Gasteiger charge is -2.64. The van der Waals surface area contributed by atoms with Crippen molar-refractivity contribution >= 4 is 11.7 Å². The maximum atomic E-state index is 13.0. The summed E-state index contributed by atoms with van der Waals surface area (Å²) in [5, 5.41) is 7.38. The Labute approximate surface area is 126 Å². The topological polar surface area (TPSA) is 46.9 Å². The Morgan fingerprint density at radius 2 is 1.90 bits per heavy atom. The molecule has 0 aliphatic heterocycles. The second kappa shape index (κ2) is 3.90. The normalized spacial score (nSPS) is 44.0. The van der Waals surface area contributed by atoms with Crippen molar-refractivity contribution in [2.45, 2.75) is 52.4 Å². The molecule has 4 fully saturated rings. The third-order valence-corrected chi connectivity index (χ3v) is 6.06. The van der Waals surface area contributed by atoms with Crippen molar-refractivity contribution in [3.63, 3.8) is 0 Å². The third kappa shape index (κ3) is 2.02. The molecule has 1 N–H and O–H groups in total. The van der Waals surface area contributed by atoms with E-state index in [4.69, 9.17) is 0 Å². The van der Waals surface area contributed by atoms with Gasteiger partial charge in [-0.05, 0) is 55.3 Å². The van der Waals surface area contributed by atoms with E-state index in [2.05, 4.69) is 24.3 Å². The molecule has 4 aliphatic rings. The Morgan fingerprint density at radius 3 is 2.43 bits per heavy atom. The van der Waals surface area contributed by atoms with Gasteiger partial charge >= 0.3 is 0 Å². The van der Waals surface area contributed by atoms with E-state index in [1.807, 2.05) is 19.3 Å². The minimum Gasteiger partial charge on any atom is -0.309 e. The minimum atomic E-state index is -0.152. The number of carbonyl (C=O) groups is 1. The first kappa shape index (κ1) is 13.4. The van der Waals surface area contributed by atoms with Crippen molar-refractivity contribution in [1.29, 1.82) is 0 Å². The van der Waals surface area contributed by atoms with E-state index >= 15 is 0 Å². The second-order valence-electron chi connectivity index (χ2n) is 8.74. The first-order valence-corrected chi connectivity index (χ1v) is 8.11. The van der Waals surface area contributed by atoms with Crippen molar-refractivity contribution in [2.24, 2.45) is 29.2 Å². The van der Waals surface area contributed by atoms with Crippen LogP contribution in [0.2, 0.25) is 0 Å². The van der Waals surface area contributed by atoms with Crippen molar-refractivity contribution in [3.05, 3.63) is 12.3 Å². The summed E-state index contributed by atoms with van der Waals surface area (Å²) in [4.78, 5) is 13.0. The van der Waals surface area contributed by atoms with Crippen LogP contribution in [0.15, 0.2) is 12.3 Å². The zero-order chi connectivity index (χ0) is 14.9. The fraction of sp³-hybridized carbons (Fsp3) is 0.765. The van der Waals surface area contributed by atoms with Gasteiger partial charge in [0.15, 0.2) is 5.82 Å². The summed E-state index contributed by atoms with van der Waals surface area (Å²) in [6, 6.07) is 1.88. The highest BCUT2D eigenvalue weighted by Crippen LogP contribution is 2.69. The number of hydrogen-bond donors (Lipinski definition) is 1. The number of hydrogen-bond acceptors (Lipinski definition) is 2. The van der Waals surface area contributed by atoms with Crippen molar-refractivity contribution in [1.82, 2.24) is 9.78 Å². The van der Waals surface area contributed by atoms with Crippen LogP contribution < -0.4 is 5.32 Å². The summed E-state index contributed by atoms with van der Waals surface area (Å²) in [6.07, 6.45) is 9.02. The molecule has 21 heavy (non-hydrogen) atoms. The van der Waals surface area contributed by atoms with Gasteiger partial charge in [0, 0.05) is 19.3 Å². The van der Waals surface area contributed by atoms with Gasteiger partial charge in [-0.3, -0.25) is 9.48 Å². The molecule has 1 heterocycles. The number of aromatic nitrogens is 2. The number of rotatable bonds is 2. The fourth-order valence-corrected chi connectivity index (χ4v) is 6.43. The summed E-state index contributed by atoms with van der Waals surface area (Å²) in [5.41, 5.74) is 0.589. The molecule has 0 saturated heterocycles. The molecule has 2 unspecified atom stereocenters. The molecule has 1 aromatic rings. The molecule has 0 spiro atoms. The number of nitrogens with one attached hydrogen (secondary N) is 1. The molecule has 4 aliphatic carbocycles. The third-order valence-electron chi connectivity index (χ3n) is 6.06. The van der Waals surface area contributed by atoms with Crippen molar-refractivity contribution in [2.75, 3.05) is 5.32 Å². The van der Waals surface area contributed by atoms with E-state index in [1.165, 1.54) is 19.3 Å². The molecule has 0 aromatic carbocycles. The second-order valence-corrected chi connectivity index (χ2v) is 8.74. The van der Waals surface area contributed by atoms with Gasteiger partial charge in [-0.15, -0.1) is 0 Å². The van der Waals surface area contributed by atoms with E-state index in [-0.39, 0.29) is 11.3 Å². The molecule has 1 aromatic heterocycles. The quantitative estimate of drug-likeness (QED) is 0.906. The Balaban J connectivity index is 1.63. The minimum absolute atomic E-state index is 0.152. The van der Waals surface area contributed by atoms with Crippen LogP contribution in [0.25, 0.3) is 0 Å². The highest BCUT2D eigenvalue weighted by atomic mass is 16.2. The monoisotopic (exact) mass is 287 g/mol. The van der Waals surface area contributed by atoms with Crippen LogP contribution >= 0.6 is 0 Å². The molecule has 4 saturated carbocycles. The lowest BCUT2D eigenvalue weighted by Crippen LogP contribution is -2.58. The Morgan fingerprint density at radius 1 is 1.24 bits per heavy atom. The van der Waals surface area contributed by atoms with E-state index in [0.717, 1.165) is 25.2 Å². The molecule has 4 nitrogen and oxygen atoms in total. The van der Waals surface area contributed by atoms with Crippen LogP contribution in [0.3, 0.4) is 0 Å². The van der Waals surface area contributed by atoms with Crippen LogP contribution in [0.1, 0.15) is 52.4 Å². The van der Waals surface area contributed by atoms with E-state index < -0.39 is 0 Å². The smallest absolute Gasteiger partial charge is 0.231 e. The molecular formula is C17H25N3O. The van der Waals surface area contributed by atoms with E-state index in [0.29, 0.717) is 16.6 Å². The fourth-order valence-electron chi connectivity index (χ4n) is 6.43. The number of amides is 1. The predicted octanol–water partition coefficient (Wildman–Crippen LogP) is 3.36. The zero-order valence-electron chi connectivity index (χ0n) is 13.3. The summed E-state index contributed by atoms with van der Waals surface area (Å²) < 4.78 is 1.73. The molecule has 4 bridgehead atoms. The van der Waals surface area contributed by atoms with Crippen LogP contribution in [-0.4, -0.2) is 15.7 Å². The van der Waals surface area contributed by atoms with Crippen LogP contribution in [0.4, 0.5) is 5.82 Å². The number of anilines is 1. The van der Waals surface area contributed by atoms with Gasteiger partial charge in [0.1, 0.15) is 0 Å². The molecule has 1 amide bonds. The molecule has 2 atom stereocenters. The number of carbonyl (C=O) groups excluding carboxylic acids is 1. The van der Waals surface area contributed by atoms with Gasteiger partial charge in [-0.2, -0.15) is 5.10 Å². The standard InChI is InChI=1S/C17H25N3O/c1-15-6-12-7-16(2,9-15)11-17(8-12,10-15)14(21)18-13-4-5-20(3)19-13/h4-5,12H,6-11H2,1-3H3,(H,18,19,21). The molecule has 0 radical (unpaired) electrons. The SMILES string of the molecule is Cn1ccc(NC(=O)C23CC4CC(C)(CC(C)(C4)C2)C3)n1. The van der Waals surface area contributed by atoms with Gasteiger partial charge in [0.2, 0.25) is 5.91 Å². The number of aryl methyl sites for hydroxylation is 1. The predicted molar refractivity (Wildman–Crippen MR) is 81.7 cm³/mol. The van der Waals surface area contributed by atoms with Gasteiger partial charge in [-0.1, -0.05) is 13.8 Å². The summed E-state index contributed by atoms with van der Waals surface area (Å²) >= 11 is 0. The molecule has 4 heteroatoms. The maximum Gasteiger partial charge on any atom is 0.231 e.